The fourth-order valence-electron chi connectivity index (χ4n) is 4.06. The molecule has 4 N–H and O–H groups in total. The fourth-order valence-corrected chi connectivity index (χ4v) is 4.98. The fraction of sp³-hybridized carbons (Fsp3) is 0.111. The number of hydrogen-bond acceptors (Lipinski definition) is 6. The molecule has 12 heteroatoms. The largest absolute Gasteiger partial charge is 0.416 e. The highest BCUT2D eigenvalue weighted by Crippen LogP contribution is 2.36. The number of aromatic nitrogens is 2. The Morgan fingerprint density at radius 2 is 1.72 bits per heavy atom. The van der Waals surface area contributed by atoms with E-state index in [2.05, 4.69) is 25.9 Å². The van der Waals surface area contributed by atoms with E-state index in [0.717, 1.165) is 21.9 Å². The molecule has 39 heavy (non-hydrogen) atoms. The number of benzene rings is 3. The topological polar surface area (TPSA) is 116 Å². The van der Waals surface area contributed by atoms with Gasteiger partial charge in [-0.05, 0) is 42.5 Å². The maximum absolute atomic E-state index is 13.3. The number of para-hydroxylation sites is 1. The van der Waals surface area contributed by atoms with Crippen LogP contribution in [-0.2, 0) is 15.8 Å². The van der Waals surface area contributed by atoms with Gasteiger partial charge in [-0.15, -0.1) is 0 Å². The van der Waals surface area contributed by atoms with E-state index >= 15 is 0 Å². The summed E-state index contributed by atoms with van der Waals surface area (Å²) in [5.74, 6) is -2.57. The van der Waals surface area contributed by atoms with Gasteiger partial charge in [0.25, 0.3) is 5.56 Å². The summed E-state index contributed by atoms with van der Waals surface area (Å²) in [5.41, 5.74) is -1.10. The quantitative estimate of drug-likeness (QED) is 0.243. The van der Waals surface area contributed by atoms with E-state index in [-0.39, 0.29) is 29.4 Å². The predicted octanol–water partition coefficient (Wildman–Crippen LogP) is 5.75. The Hall–Kier alpha value is -4.58. The molecule has 1 aliphatic heterocycles. The summed E-state index contributed by atoms with van der Waals surface area (Å²) in [6.45, 7) is 0. The standard InChI is InChI=1S/C27H20F3N5O3S/c28-27(29,30)15-7-6-8-16(13-15)31-26-34-23-22(25(38)35-26)18(14-21(36)33-23)24(37)32-19-11-4-5-12-20(19)39-17-9-2-1-3-10-17/h1-13,18H,14H2,(H,32,37)(H3,31,33,34,35,36,38)/t18-/m1/s1. The number of amides is 2. The minimum Gasteiger partial charge on any atom is -0.326 e. The van der Waals surface area contributed by atoms with Gasteiger partial charge in [-0.3, -0.25) is 19.4 Å². The molecule has 0 spiro atoms. The average Bonchev–Trinajstić information content (AvgIpc) is 2.89. The Morgan fingerprint density at radius 1 is 0.974 bits per heavy atom. The molecule has 198 valence electrons. The van der Waals surface area contributed by atoms with Crippen molar-refractivity contribution in [1.29, 1.82) is 0 Å². The smallest absolute Gasteiger partial charge is 0.326 e. The maximum atomic E-state index is 13.3. The lowest BCUT2D eigenvalue weighted by molar-refractivity contribution is -0.137. The van der Waals surface area contributed by atoms with Crippen LogP contribution in [0.2, 0.25) is 0 Å². The molecule has 2 amide bonds. The van der Waals surface area contributed by atoms with Gasteiger partial charge in [-0.1, -0.05) is 48.2 Å². The summed E-state index contributed by atoms with van der Waals surface area (Å²) in [6, 6.07) is 21.1. The van der Waals surface area contributed by atoms with Gasteiger partial charge in [0.2, 0.25) is 17.8 Å². The van der Waals surface area contributed by atoms with Crippen LogP contribution in [0.15, 0.2) is 93.4 Å². The second-order valence-electron chi connectivity index (χ2n) is 8.59. The molecule has 0 aliphatic carbocycles. The Labute approximate surface area is 224 Å². The second-order valence-corrected chi connectivity index (χ2v) is 9.70. The first-order valence-electron chi connectivity index (χ1n) is 11.7. The minimum atomic E-state index is -4.55. The molecule has 1 atom stereocenters. The van der Waals surface area contributed by atoms with Crippen LogP contribution in [0, 0.1) is 0 Å². The number of halogens is 3. The molecule has 0 saturated heterocycles. The number of nitrogens with one attached hydrogen (secondary N) is 4. The zero-order valence-electron chi connectivity index (χ0n) is 20.0. The monoisotopic (exact) mass is 551 g/mol. The summed E-state index contributed by atoms with van der Waals surface area (Å²) >= 11 is 1.44. The van der Waals surface area contributed by atoms with Crippen LogP contribution < -0.4 is 21.5 Å². The molecule has 5 rings (SSSR count). The third-order valence-corrected chi connectivity index (χ3v) is 6.92. The van der Waals surface area contributed by atoms with Gasteiger partial charge in [-0.25, -0.2) is 0 Å². The maximum Gasteiger partial charge on any atom is 0.416 e. The number of aromatic amines is 1. The molecular formula is C27H20F3N5O3S. The van der Waals surface area contributed by atoms with E-state index in [9.17, 15) is 27.6 Å². The second kappa shape index (κ2) is 10.7. The first kappa shape index (κ1) is 26.0. The molecule has 0 bridgehead atoms. The van der Waals surface area contributed by atoms with Crippen molar-refractivity contribution in [2.45, 2.75) is 28.3 Å². The van der Waals surface area contributed by atoms with E-state index in [1.54, 1.807) is 12.1 Å². The Balaban J connectivity index is 1.40. The lowest BCUT2D eigenvalue weighted by Gasteiger charge is -2.24. The van der Waals surface area contributed by atoms with Crippen LogP contribution in [0.5, 0.6) is 0 Å². The Morgan fingerprint density at radius 3 is 2.49 bits per heavy atom. The normalized spacial score (nSPS) is 14.7. The van der Waals surface area contributed by atoms with Crippen molar-refractivity contribution in [3.05, 3.63) is 100 Å². The number of hydrogen-bond donors (Lipinski definition) is 4. The van der Waals surface area contributed by atoms with E-state index in [1.807, 2.05) is 42.5 Å². The van der Waals surface area contributed by atoms with Crippen molar-refractivity contribution in [3.63, 3.8) is 0 Å². The highest BCUT2D eigenvalue weighted by Gasteiger charge is 2.35. The molecule has 4 aromatic rings. The van der Waals surface area contributed by atoms with Crippen LogP contribution in [-0.4, -0.2) is 21.8 Å². The number of alkyl halides is 3. The van der Waals surface area contributed by atoms with Crippen LogP contribution in [0.3, 0.4) is 0 Å². The third kappa shape index (κ3) is 5.96. The van der Waals surface area contributed by atoms with Gasteiger partial charge in [0.05, 0.1) is 22.7 Å². The van der Waals surface area contributed by atoms with Crippen molar-refractivity contribution < 1.29 is 22.8 Å². The van der Waals surface area contributed by atoms with Gasteiger partial charge in [0.15, 0.2) is 0 Å². The Bertz CT molecular complexity index is 1610. The number of carbonyl (C=O) groups is 2. The SMILES string of the molecule is O=C1C[C@@H](C(=O)Nc2ccccc2Sc2ccccc2)c2c(nc(Nc3cccc(C(F)(F)F)c3)[nH]c2=O)N1. The van der Waals surface area contributed by atoms with Crippen LogP contribution in [0.4, 0.5) is 36.3 Å². The van der Waals surface area contributed by atoms with E-state index in [0.29, 0.717) is 5.69 Å². The number of carbonyl (C=O) groups excluding carboxylic acids is 2. The molecule has 3 aromatic carbocycles. The lowest BCUT2D eigenvalue weighted by Crippen LogP contribution is -2.36. The highest BCUT2D eigenvalue weighted by molar-refractivity contribution is 7.99. The summed E-state index contributed by atoms with van der Waals surface area (Å²) in [5, 5.41) is 7.92. The highest BCUT2D eigenvalue weighted by atomic mass is 32.2. The number of rotatable bonds is 6. The van der Waals surface area contributed by atoms with E-state index in [1.165, 1.54) is 23.9 Å². The predicted molar refractivity (Wildman–Crippen MR) is 141 cm³/mol. The molecule has 0 saturated carbocycles. The first-order valence-corrected chi connectivity index (χ1v) is 12.5. The van der Waals surface area contributed by atoms with Crippen LogP contribution >= 0.6 is 11.8 Å². The Kier molecular flexibility index (Phi) is 7.11. The molecule has 0 fully saturated rings. The summed E-state index contributed by atoms with van der Waals surface area (Å²) in [7, 11) is 0. The van der Waals surface area contributed by atoms with Crippen molar-refractivity contribution in [2.24, 2.45) is 0 Å². The van der Waals surface area contributed by atoms with Crippen LogP contribution in [0.1, 0.15) is 23.5 Å². The molecule has 0 unspecified atom stereocenters. The number of H-pyrrole nitrogens is 1. The van der Waals surface area contributed by atoms with E-state index in [4.69, 9.17) is 0 Å². The van der Waals surface area contributed by atoms with Crippen molar-refractivity contribution >= 4 is 46.7 Å². The number of anilines is 4. The molecule has 1 aliphatic rings. The van der Waals surface area contributed by atoms with Crippen molar-refractivity contribution in [3.8, 4) is 0 Å². The van der Waals surface area contributed by atoms with E-state index < -0.39 is 35.0 Å². The van der Waals surface area contributed by atoms with Gasteiger partial charge >= 0.3 is 6.18 Å². The van der Waals surface area contributed by atoms with Gasteiger partial charge < -0.3 is 16.0 Å². The molecule has 1 aromatic heterocycles. The number of fused-ring (bicyclic) bond motifs is 1. The summed E-state index contributed by atoms with van der Waals surface area (Å²) in [6.07, 6.45) is -4.83. The summed E-state index contributed by atoms with van der Waals surface area (Å²) in [4.78, 5) is 47.2. The van der Waals surface area contributed by atoms with Gasteiger partial charge in [0.1, 0.15) is 5.82 Å². The first-order chi connectivity index (χ1) is 18.7. The van der Waals surface area contributed by atoms with Crippen molar-refractivity contribution in [1.82, 2.24) is 9.97 Å². The molecule has 8 nitrogen and oxygen atoms in total. The molecule has 2 heterocycles. The average molecular weight is 552 g/mol. The summed E-state index contributed by atoms with van der Waals surface area (Å²) < 4.78 is 39.2. The van der Waals surface area contributed by atoms with Crippen LogP contribution in [0.25, 0.3) is 0 Å². The van der Waals surface area contributed by atoms with Crippen molar-refractivity contribution in [2.75, 3.05) is 16.0 Å². The molecular weight excluding hydrogens is 531 g/mol. The lowest BCUT2D eigenvalue weighted by atomic mass is 9.92. The zero-order valence-corrected chi connectivity index (χ0v) is 20.8. The van der Waals surface area contributed by atoms with Gasteiger partial charge in [0, 0.05) is 21.9 Å². The minimum absolute atomic E-state index is 0.0249. The van der Waals surface area contributed by atoms with Gasteiger partial charge in [-0.2, -0.15) is 18.2 Å². The third-order valence-electron chi connectivity index (χ3n) is 5.84. The number of nitrogens with zero attached hydrogens (tertiary/aromatic N) is 1. The zero-order chi connectivity index (χ0) is 27.6. The molecule has 0 radical (unpaired) electrons.